The lowest BCUT2D eigenvalue weighted by Gasteiger charge is -2.13. The highest BCUT2D eigenvalue weighted by Gasteiger charge is 2.11. The minimum Gasteiger partial charge on any atom is -0.353 e. The van der Waals surface area contributed by atoms with Gasteiger partial charge < -0.3 is 5.32 Å². The van der Waals surface area contributed by atoms with Crippen LogP contribution in [-0.4, -0.2) is 33.7 Å². The predicted molar refractivity (Wildman–Crippen MR) is 85.0 cm³/mol. The standard InChI is InChI=1S/C15H21N3OS/c1-3-20-9-8-11(2)16-15(19)10-14-12-6-4-5-7-13(12)17-18-14/h4-7,11H,3,8-10H2,1-2H3,(H,16,19)(H,17,18)/t11-/m1/s1. The lowest BCUT2D eigenvalue weighted by molar-refractivity contribution is -0.121. The van der Waals surface area contributed by atoms with Crippen molar-refractivity contribution in [2.75, 3.05) is 11.5 Å². The molecule has 1 amide bonds. The van der Waals surface area contributed by atoms with Gasteiger partial charge in [0.1, 0.15) is 0 Å². The molecule has 2 rings (SSSR count). The zero-order valence-corrected chi connectivity index (χ0v) is 12.8. The summed E-state index contributed by atoms with van der Waals surface area (Å²) in [6, 6.07) is 8.06. The highest BCUT2D eigenvalue weighted by molar-refractivity contribution is 7.99. The quantitative estimate of drug-likeness (QED) is 0.771. The molecule has 0 aliphatic rings. The average Bonchev–Trinajstić information content (AvgIpc) is 2.82. The Hall–Kier alpha value is -1.49. The molecule has 2 N–H and O–H groups in total. The number of thioether (sulfide) groups is 1. The molecule has 1 heterocycles. The zero-order valence-electron chi connectivity index (χ0n) is 12.0. The van der Waals surface area contributed by atoms with Crippen LogP contribution in [0.25, 0.3) is 10.9 Å². The molecule has 0 fully saturated rings. The monoisotopic (exact) mass is 291 g/mol. The highest BCUT2D eigenvalue weighted by atomic mass is 32.2. The van der Waals surface area contributed by atoms with Gasteiger partial charge >= 0.3 is 0 Å². The summed E-state index contributed by atoms with van der Waals surface area (Å²) < 4.78 is 0. The predicted octanol–water partition coefficient (Wildman–Crippen LogP) is 2.75. The maximum atomic E-state index is 12.0. The molecule has 0 aliphatic carbocycles. The van der Waals surface area contributed by atoms with Crippen molar-refractivity contribution in [1.29, 1.82) is 0 Å². The molecular weight excluding hydrogens is 270 g/mol. The molecule has 2 aromatic rings. The van der Waals surface area contributed by atoms with Crippen molar-refractivity contribution in [2.45, 2.75) is 32.7 Å². The number of nitrogens with zero attached hydrogens (tertiary/aromatic N) is 1. The van der Waals surface area contributed by atoms with Crippen molar-refractivity contribution < 1.29 is 4.79 Å². The average molecular weight is 291 g/mol. The second-order valence-corrected chi connectivity index (χ2v) is 6.24. The summed E-state index contributed by atoms with van der Waals surface area (Å²) in [7, 11) is 0. The fourth-order valence-electron chi connectivity index (χ4n) is 2.11. The van der Waals surface area contributed by atoms with E-state index in [0.29, 0.717) is 6.42 Å². The van der Waals surface area contributed by atoms with Gasteiger partial charge in [0, 0.05) is 11.4 Å². The van der Waals surface area contributed by atoms with Crippen LogP contribution < -0.4 is 5.32 Å². The van der Waals surface area contributed by atoms with Gasteiger partial charge in [0.25, 0.3) is 0 Å². The van der Waals surface area contributed by atoms with Gasteiger partial charge in [-0.1, -0.05) is 25.1 Å². The zero-order chi connectivity index (χ0) is 14.4. The number of hydrogen-bond acceptors (Lipinski definition) is 3. The molecular formula is C15H21N3OS. The lowest BCUT2D eigenvalue weighted by atomic mass is 10.1. The largest absolute Gasteiger partial charge is 0.353 e. The Balaban J connectivity index is 1.88. The van der Waals surface area contributed by atoms with Gasteiger partial charge in [0.15, 0.2) is 0 Å². The van der Waals surface area contributed by atoms with Crippen LogP contribution in [0.4, 0.5) is 0 Å². The van der Waals surface area contributed by atoms with E-state index in [0.717, 1.165) is 34.5 Å². The van der Waals surface area contributed by atoms with Crippen molar-refractivity contribution in [3.63, 3.8) is 0 Å². The SMILES string of the molecule is CCSCC[C@@H](C)NC(=O)Cc1[nH]nc2ccccc12. The van der Waals surface area contributed by atoms with Crippen LogP contribution in [0.15, 0.2) is 24.3 Å². The van der Waals surface area contributed by atoms with Gasteiger partial charge in [-0.3, -0.25) is 9.89 Å². The van der Waals surface area contributed by atoms with Crippen LogP contribution in [0.5, 0.6) is 0 Å². The number of aromatic nitrogens is 2. The molecule has 108 valence electrons. The van der Waals surface area contributed by atoms with E-state index < -0.39 is 0 Å². The molecule has 1 aromatic heterocycles. The minimum absolute atomic E-state index is 0.0494. The smallest absolute Gasteiger partial charge is 0.226 e. The fraction of sp³-hybridized carbons (Fsp3) is 0.467. The maximum absolute atomic E-state index is 12.0. The van der Waals surface area contributed by atoms with Crippen LogP contribution in [-0.2, 0) is 11.2 Å². The molecule has 0 bridgehead atoms. The second-order valence-electron chi connectivity index (χ2n) is 4.85. The molecule has 1 aromatic carbocycles. The first-order valence-corrected chi connectivity index (χ1v) is 8.15. The summed E-state index contributed by atoms with van der Waals surface area (Å²) >= 11 is 1.90. The second kappa shape index (κ2) is 7.33. The number of nitrogens with one attached hydrogen (secondary N) is 2. The van der Waals surface area contributed by atoms with Gasteiger partial charge in [-0.2, -0.15) is 16.9 Å². The van der Waals surface area contributed by atoms with Crippen molar-refractivity contribution in [1.82, 2.24) is 15.5 Å². The number of para-hydroxylation sites is 1. The first-order valence-electron chi connectivity index (χ1n) is 6.99. The van der Waals surface area contributed by atoms with E-state index in [4.69, 9.17) is 0 Å². The van der Waals surface area contributed by atoms with E-state index >= 15 is 0 Å². The first kappa shape index (κ1) is 14.9. The third-order valence-corrected chi connectivity index (χ3v) is 4.12. The number of aromatic amines is 1. The van der Waals surface area contributed by atoms with E-state index in [2.05, 4.69) is 29.4 Å². The Morgan fingerprint density at radius 1 is 1.45 bits per heavy atom. The molecule has 1 atom stereocenters. The van der Waals surface area contributed by atoms with Crippen LogP contribution >= 0.6 is 11.8 Å². The Kier molecular flexibility index (Phi) is 5.47. The van der Waals surface area contributed by atoms with E-state index in [9.17, 15) is 4.79 Å². The summed E-state index contributed by atoms with van der Waals surface area (Å²) in [5.74, 6) is 2.26. The fourth-order valence-corrected chi connectivity index (χ4v) is 2.92. The van der Waals surface area contributed by atoms with Gasteiger partial charge in [0.2, 0.25) is 5.91 Å². The van der Waals surface area contributed by atoms with E-state index in [-0.39, 0.29) is 11.9 Å². The Morgan fingerprint density at radius 2 is 2.25 bits per heavy atom. The summed E-state index contributed by atoms with van der Waals surface area (Å²) in [5.41, 5.74) is 1.79. The highest BCUT2D eigenvalue weighted by Crippen LogP contribution is 2.15. The normalized spacial score (nSPS) is 12.5. The molecule has 0 unspecified atom stereocenters. The molecule has 0 saturated heterocycles. The van der Waals surface area contributed by atoms with Crippen molar-refractivity contribution >= 4 is 28.6 Å². The van der Waals surface area contributed by atoms with Crippen molar-refractivity contribution in [2.24, 2.45) is 0 Å². The summed E-state index contributed by atoms with van der Waals surface area (Å²) in [6.45, 7) is 4.20. The number of carbonyl (C=O) groups is 1. The molecule has 5 heteroatoms. The van der Waals surface area contributed by atoms with Crippen molar-refractivity contribution in [3.8, 4) is 0 Å². The topological polar surface area (TPSA) is 57.8 Å². The number of hydrogen-bond donors (Lipinski definition) is 2. The molecule has 20 heavy (non-hydrogen) atoms. The van der Waals surface area contributed by atoms with Gasteiger partial charge in [-0.05, 0) is 30.9 Å². The number of benzene rings is 1. The Bertz CT molecular complexity index is 567. The molecule has 0 aliphatic heterocycles. The van der Waals surface area contributed by atoms with Gasteiger partial charge in [-0.15, -0.1) is 0 Å². The molecule has 0 spiro atoms. The number of rotatable bonds is 7. The number of carbonyl (C=O) groups excluding carboxylic acids is 1. The number of fused-ring (bicyclic) bond motifs is 1. The van der Waals surface area contributed by atoms with Crippen molar-refractivity contribution in [3.05, 3.63) is 30.0 Å². The molecule has 0 saturated carbocycles. The van der Waals surface area contributed by atoms with Crippen LogP contribution in [0.1, 0.15) is 26.0 Å². The van der Waals surface area contributed by atoms with E-state index in [1.807, 2.05) is 36.0 Å². The lowest BCUT2D eigenvalue weighted by Crippen LogP contribution is -2.34. The Morgan fingerprint density at radius 3 is 3.05 bits per heavy atom. The molecule has 4 nitrogen and oxygen atoms in total. The van der Waals surface area contributed by atoms with Crippen LogP contribution in [0.2, 0.25) is 0 Å². The minimum atomic E-state index is 0.0494. The van der Waals surface area contributed by atoms with Gasteiger partial charge in [0.05, 0.1) is 17.6 Å². The summed E-state index contributed by atoms with van der Waals surface area (Å²) in [4.78, 5) is 12.0. The maximum Gasteiger partial charge on any atom is 0.226 e. The van der Waals surface area contributed by atoms with Crippen LogP contribution in [0, 0.1) is 0 Å². The first-order chi connectivity index (χ1) is 9.70. The third-order valence-electron chi connectivity index (χ3n) is 3.18. The molecule has 0 radical (unpaired) electrons. The summed E-state index contributed by atoms with van der Waals surface area (Å²) in [5, 5.41) is 11.2. The number of amides is 1. The van der Waals surface area contributed by atoms with E-state index in [1.165, 1.54) is 0 Å². The third kappa shape index (κ3) is 4.00. The Labute approximate surface area is 123 Å². The summed E-state index contributed by atoms with van der Waals surface area (Å²) in [6.07, 6.45) is 1.36. The van der Waals surface area contributed by atoms with Crippen LogP contribution in [0.3, 0.4) is 0 Å². The van der Waals surface area contributed by atoms with Gasteiger partial charge in [-0.25, -0.2) is 0 Å². The number of H-pyrrole nitrogens is 1. The van der Waals surface area contributed by atoms with E-state index in [1.54, 1.807) is 0 Å².